The fourth-order valence-electron chi connectivity index (χ4n) is 2.75. The molecular formula is C20H15BrClN3. The van der Waals surface area contributed by atoms with Crippen LogP contribution in [0.15, 0.2) is 71.3 Å². The van der Waals surface area contributed by atoms with Crippen LogP contribution >= 0.6 is 27.5 Å². The average molecular weight is 413 g/mol. The molecule has 0 amide bonds. The quantitative estimate of drug-likeness (QED) is 0.418. The van der Waals surface area contributed by atoms with Crippen molar-refractivity contribution in [1.29, 1.82) is 0 Å². The Balaban J connectivity index is 1.93. The lowest BCUT2D eigenvalue weighted by Crippen LogP contribution is -1.97. The van der Waals surface area contributed by atoms with Gasteiger partial charge in [0.25, 0.3) is 0 Å². The van der Waals surface area contributed by atoms with Gasteiger partial charge in [0.15, 0.2) is 0 Å². The summed E-state index contributed by atoms with van der Waals surface area (Å²) in [5, 5.41) is 4.17. The minimum Gasteiger partial charge on any atom is -0.339 e. The van der Waals surface area contributed by atoms with E-state index in [9.17, 15) is 0 Å². The first kappa shape index (κ1) is 16.2. The largest absolute Gasteiger partial charge is 0.339 e. The third-order valence-electron chi connectivity index (χ3n) is 4.03. The molecule has 0 aliphatic heterocycles. The molecule has 0 unspecified atom stereocenters. The number of hydrogen-bond acceptors (Lipinski definition) is 2. The Morgan fingerprint density at radius 2 is 1.76 bits per heavy atom. The standard InChI is InChI=1S/C20H15BrClN3/c1-13-6-9-15(10-7-13)23-20-19(16-4-2-3-5-17(16)22)24-18-11-8-14(21)12-25(18)20/h2-12,23H,1H3. The van der Waals surface area contributed by atoms with Crippen molar-refractivity contribution in [1.82, 2.24) is 9.38 Å². The maximum atomic E-state index is 6.43. The van der Waals surface area contributed by atoms with Crippen LogP contribution in [0.25, 0.3) is 16.9 Å². The fraction of sp³-hybridized carbons (Fsp3) is 0.0500. The molecule has 124 valence electrons. The van der Waals surface area contributed by atoms with E-state index in [0.717, 1.165) is 32.9 Å². The normalized spacial score (nSPS) is 11.0. The Kier molecular flexibility index (Phi) is 4.24. The van der Waals surface area contributed by atoms with E-state index in [1.165, 1.54) is 5.56 Å². The van der Waals surface area contributed by atoms with Gasteiger partial charge in [0.1, 0.15) is 17.2 Å². The lowest BCUT2D eigenvalue weighted by molar-refractivity contribution is 1.17. The van der Waals surface area contributed by atoms with Crippen molar-refractivity contribution in [2.75, 3.05) is 5.32 Å². The number of nitrogens with one attached hydrogen (secondary N) is 1. The molecule has 2 aromatic carbocycles. The van der Waals surface area contributed by atoms with E-state index in [-0.39, 0.29) is 0 Å². The fourth-order valence-corrected chi connectivity index (χ4v) is 3.32. The number of pyridine rings is 1. The molecule has 1 N–H and O–H groups in total. The number of aryl methyl sites for hydroxylation is 1. The van der Waals surface area contributed by atoms with Crippen molar-refractivity contribution < 1.29 is 0 Å². The molecule has 0 spiro atoms. The van der Waals surface area contributed by atoms with Crippen LogP contribution in [-0.2, 0) is 0 Å². The van der Waals surface area contributed by atoms with Gasteiger partial charge in [-0.3, -0.25) is 4.40 Å². The molecule has 3 nitrogen and oxygen atoms in total. The van der Waals surface area contributed by atoms with Gasteiger partial charge >= 0.3 is 0 Å². The molecule has 4 rings (SSSR count). The summed E-state index contributed by atoms with van der Waals surface area (Å²) in [6.45, 7) is 2.07. The monoisotopic (exact) mass is 411 g/mol. The zero-order valence-electron chi connectivity index (χ0n) is 13.5. The van der Waals surface area contributed by atoms with E-state index in [4.69, 9.17) is 16.6 Å². The van der Waals surface area contributed by atoms with Gasteiger partial charge in [-0.05, 0) is 53.2 Å². The van der Waals surface area contributed by atoms with Gasteiger partial charge in [0.2, 0.25) is 0 Å². The van der Waals surface area contributed by atoms with Crippen molar-refractivity contribution in [3.05, 3.63) is 81.9 Å². The summed E-state index contributed by atoms with van der Waals surface area (Å²) < 4.78 is 3.01. The number of fused-ring (bicyclic) bond motifs is 1. The van der Waals surface area contributed by atoms with Gasteiger partial charge in [0, 0.05) is 21.9 Å². The summed E-state index contributed by atoms with van der Waals surface area (Å²) in [6, 6.07) is 20.0. The minimum absolute atomic E-state index is 0.678. The van der Waals surface area contributed by atoms with Gasteiger partial charge in [-0.15, -0.1) is 0 Å². The van der Waals surface area contributed by atoms with Gasteiger partial charge in [-0.1, -0.05) is 47.5 Å². The Bertz CT molecular complexity index is 1050. The molecule has 25 heavy (non-hydrogen) atoms. The number of hydrogen-bond donors (Lipinski definition) is 1. The topological polar surface area (TPSA) is 29.3 Å². The smallest absolute Gasteiger partial charge is 0.143 e. The first-order valence-electron chi connectivity index (χ1n) is 7.88. The number of aromatic nitrogens is 2. The van der Waals surface area contributed by atoms with E-state index in [0.29, 0.717) is 5.02 Å². The van der Waals surface area contributed by atoms with Crippen LogP contribution in [0.4, 0.5) is 11.5 Å². The van der Waals surface area contributed by atoms with Crippen LogP contribution in [0.5, 0.6) is 0 Å². The predicted molar refractivity (Wildman–Crippen MR) is 108 cm³/mol. The van der Waals surface area contributed by atoms with Crippen LogP contribution in [0.2, 0.25) is 5.02 Å². The maximum absolute atomic E-state index is 6.43. The molecule has 2 aromatic heterocycles. The lowest BCUT2D eigenvalue weighted by atomic mass is 10.1. The summed E-state index contributed by atoms with van der Waals surface area (Å²) in [5.41, 5.74) is 4.80. The molecule has 0 saturated heterocycles. The van der Waals surface area contributed by atoms with Crippen LogP contribution in [0, 0.1) is 6.92 Å². The van der Waals surface area contributed by atoms with Crippen LogP contribution in [-0.4, -0.2) is 9.38 Å². The first-order valence-corrected chi connectivity index (χ1v) is 9.05. The molecule has 0 saturated carbocycles. The average Bonchev–Trinajstić information content (AvgIpc) is 2.95. The Labute approximate surface area is 159 Å². The second kappa shape index (κ2) is 6.54. The maximum Gasteiger partial charge on any atom is 0.143 e. The number of halogens is 2. The zero-order valence-corrected chi connectivity index (χ0v) is 15.8. The Morgan fingerprint density at radius 3 is 2.52 bits per heavy atom. The molecule has 5 heteroatoms. The molecular weight excluding hydrogens is 398 g/mol. The summed E-state index contributed by atoms with van der Waals surface area (Å²) >= 11 is 9.97. The zero-order chi connectivity index (χ0) is 17.4. The van der Waals surface area contributed by atoms with Crippen molar-refractivity contribution in [2.24, 2.45) is 0 Å². The number of benzene rings is 2. The second-order valence-corrected chi connectivity index (χ2v) is 7.18. The minimum atomic E-state index is 0.678. The third-order valence-corrected chi connectivity index (χ3v) is 4.82. The summed E-state index contributed by atoms with van der Waals surface area (Å²) in [4.78, 5) is 4.79. The van der Waals surface area contributed by atoms with Crippen molar-refractivity contribution in [2.45, 2.75) is 6.92 Å². The lowest BCUT2D eigenvalue weighted by Gasteiger charge is -2.10. The number of rotatable bonds is 3. The van der Waals surface area contributed by atoms with Crippen LogP contribution in [0.3, 0.4) is 0 Å². The van der Waals surface area contributed by atoms with Crippen molar-refractivity contribution >= 4 is 44.7 Å². The molecule has 2 heterocycles. The second-order valence-electron chi connectivity index (χ2n) is 5.86. The number of anilines is 2. The molecule has 4 aromatic rings. The van der Waals surface area contributed by atoms with Crippen LogP contribution in [0.1, 0.15) is 5.56 Å². The van der Waals surface area contributed by atoms with Gasteiger partial charge in [-0.2, -0.15) is 0 Å². The Hall–Kier alpha value is -2.30. The van der Waals surface area contributed by atoms with E-state index in [2.05, 4.69) is 52.4 Å². The summed E-state index contributed by atoms with van der Waals surface area (Å²) in [7, 11) is 0. The van der Waals surface area contributed by atoms with Crippen LogP contribution < -0.4 is 5.32 Å². The highest BCUT2D eigenvalue weighted by atomic mass is 79.9. The van der Waals surface area contributed by atoms with Gasteiger partial charge in [-0.25, -0.2) is 4.98 Å². The van der Waals surface area contributed by atoms with E-state index in [1.807, 2.05) is 47.0 Å². The predicted octanol–water partition coefficient (Wildman–Crippen LogP) is 6.47. The highest BCUT2D eigenvalue weighted by Gasteiger charge is 2.16. The highest BCUT2D eigenvalue weighted by Crippen LogP contribution is 2.35. The van der Waals surface area contributed by atoms with E-state index < -0.39 is 0 Å². The molecule has 0 atom stereocenters. The molecule has 0 fully saturated rings. The summed E-state index contributed by atoms with van der Waals surface area (Å²) in [6.07, 6.45) is 2.00. The van der Waals surface area contributed by atoms with Gasteiger partial charge in [0.05, 0.1) is 5.02 Å². The highest BCUT2D eigenvalue weighted by molar-refractivity contribution is 9.10. The van der Waals surface area contributed by atoms with Crippen molar-refractivity contribution in [3.8, 4) is 11.3 Å². The van der Waals surface area contributed by atoms with E-state index in [1.54, 1.807) is 0 Å². The molecule has 0 radical (unpaired) electrons. The third kappa shape index (κ3) is 3.15. The molecule has 0 aliphatic rings. The molecule has 0 aliphatic carbocycles. The number of imidazole rings is 1. The van der Waals surface area contributed by atoms with Gasteiger partial charge < -0.3 is 5.32 Å². The Morgan fingerprint density at radius 1 is 1.00 bits per heavy atom. The number of nitrogens with zero attached hydrogens (tertiary/aromatic N) is 2. The molecule has 0 bridgehead atoms. The van der Waals surface area contributed by atoms with Crippen molar-refractivity contribution in [3.63, 3.8) is 0 Å². The first-order chi connectivity index (χ1) is 12.1. The SMILES string of the molecule is Cc1ccc(Nc2c(-c3ccccc3Cl)nc3ccc(Br)cn23)cc1. The summed E-state index contributed by atoms with van der Waals surface area (Å²) in [5.74, 6) is 0.883. The van der Waals surface area contributed by atoms with E-state index >= 15 is 0 Å².